The van der Waals surface area contributed by atoms with Gasteiger partial charge in [-0.1, -0.05) is 70.2 Å². The van der Waals surface area contributed by atoms with Gasteiger partial charge in [-0.3, -0.25) is 24.2 Å². The van der Waals surface area contributed by atoms with Gasteiger partial charge in [0, 0.05) is 83.9 Å². The Bertz CT molecular complexity index is 2670. The van der Waals surface area contributed by atoms with E-state index in [9.17, 15) is 19.2 Å². The summed E-state index contributed by atoms with van der Waals surface area (Å²) in [5, 5.41) is 12.1. The molecule has 1 saturated heterocycles. The Labute approximate surface area is 421 Å². The zero-order valence-electron chi connectivity index (χ0n) is 43.0. The van der Waals surface area contributed by atoms with Crippen LogP contribution in [0.3, 0.4) is 0 Å². The Balaban J connectivity index is 0.000000270. The number of carbonyl (C=O) groups is 4. The molecule has 12 heteroatoms. The number of primary amides is 2. The molecule has 378 valence electrons. The molecule has 1 aliphatic heterocycles. The van der Waals surface area contributed by atoms with E-state index in [1.807, 2.05) is 86.1 Å². The van der Waals surface area contributed by atoms with Gasteiger partial charge in [0.1, 0.15) is 5.60 Å². The highest BCUT2D eigenvalue weighted by Crippen LogP contribution is 2.33. The third-order valence-electron chi connectivity index (χ3n) is 12.2. The van der Waals surface area contributed by atoms with Crippen molar-refractivity contribution in [2.24, 2.45) is 23.3 Å². The fraction of sp³-hybridized carbons (Fsp3) is 0.407. The molecule has 0 radical (unpaired) electrons. The number of esters is 1. The first kappa shape index (κ1) is 55.1. The molecule has 12 nitrogen and oxygen atoms in total. The normalized spacial score (nSPS) is 13.1. The van der Waals surface area contributed by atoms with Crippen LogP contribution in [0.25, 0.3) is 22.2 Å². The van der Waals surface area contributed by atoms with Crippen molar-refractivity contribution >= 4 is 46.0 Å². The van der Waals surface area contributed by atoms with E-state index in [-0.39, 0.29) is 17.5 Å². The maximum Gasteiger partial charge on any atom is 0.306 e. The van der Waals surface area contributed by atoms with Gasteiger partial charge in [-0.2, -0.15) is 0 Å². The Morgan fingerprint density at radius 1 is 0.732 bits per heavy atom. The predicted octanol–water partition coefficient (Wildman–Crippen LogP) is 11.5. The number of nitrogens with zero attached hydrogens (tertiary/aromatic N) is 3. The molecule has 3 amide bonds. The monoisotopic (exact) mass is 965 g/mol. The van der Waals surface area contributed by atoms with E-state index in [0.29, 0.717) is 65.0 Å². The number of aromatic nitrogens is 2. The van der Waals surface area contributed by atoms with Gasteiger partial charge in [0.25, 0.3) is 5.91 Å². The van der Waals surface area contributed by atoms with E-state index in [4.69, 9.17) is 21.3 Å². The highest BCUT2D eigenvalue weighted by molar-refractivity contribution is 6.07. The molecular weight excluding hydrogens is 889 g/mol. The summed E-state index contributed by atoms with van der Waals surface area (Å²) >= 11 is 0. The highest BCUT2D eigenvalue weighted by Gasteiger charge is 2.19. The SMILES string of the molecule is CC(C)CCC(=O)OC(C)(C)C.CC(C)CCO.NC(=O)c1ccnc(-c2cc(N3CCCCC3)ccc2NC(=O)c2cccc(Cn3ccc4c(C(N)=O)cccc43)c2)c1.c1ccc2c(c1)CCCC2. The Morgan fingerprint density at radius 3 is 2.01 bits per heavy atom. The maximum atomic E-state index is 13.6. The van der Waals surface area contributed by atoms with Crippen LogP contribution in [-0.4, -0.2) is 63.6 Å². The number of pyridine rings is 1. The summed E-state index contributed by atoms with van der Waals surface area (Å²) in [6, 6.07) is 32.7. The van der Waals surface area contributed by atoms with Crippen LogP contribution in [0.15, 0.2) is 116 Å². The van der Waals surface area contributed by atoms with Crippen LogP contribution in [0.1, 0.15) is 148 Å². The molecule has 1 aliphatic carbocycles. The quantitative estimate of drug-likeness (QED) is 0.0825. The molecule has 71 heavy (non-hydrogen) atoms. The number of hydrogen-bond donors (Lipinski definition) is 4. The fourth-order valence-corrected chi connectivity index (χ4v) is 8.44. The lowest BCUT2D eigenvalue weighted by molar-refractivity contribution is -0.155. The topological polar surface area (TPSA) is 183 Å². The molecule has 1 fully saturated rings. The lowest BCUT2D eigenvalue weighted by Gasteiger charge is -2.29. The molecule has 3 heterocycles. The molecule has 6 N–H and O–H groups in total. The van der Waals surface area contributed by atoms with Gasteiger partial charge in [0.2, 0.25) is 11.8 Å². The molecule has 6 aromatic rings. The summed E-state index contributed by atoms with van der Waals surface area (Å²) in [5.74, 6) is -0.154. The van der Waals surface area contributed by atoms with E-state index >= 15 is 0 Å². The minimum atomic E-state index is -0.542. The second kappa shape index (κ2) is 27.0. The number of anilines is 2. The molecule has 0 saturated carbocycles. The van der Waals surface area contributed by atoms with Crippen LogP contribution in [0.4, 0.5) is 11.4 Å². The summed E-state index contributed by atoms with van der Waals surface area (Å²) in [6.45, 7) is 16.8. The van der Waals surface area contributed by atoms with Crippen LogP contribution < -0.4 is 21.7 Å². The van der Waals surface area contributed by atoms with E-state index in [1.54, 1.807) is 41.6 Å². The maximum absolute atomic E-state index is 13.6. The molecule has 0 atom stereocenters. The number of nitrogens with two attached hydrogens (primary N) is 2. The summed E-state index contributed by atoms with van der Waals surface area (Å²) < 4.78 is 7.17. The number of hydrogen-bond acceptors (Lipinski definition) is 8. The Hall–Kier alpha value is -6.79. The number of aliphatic hydroxyl groups is 1. The number of fused-ring (bicyclic) bond motifs is 2. The molecule has 8 rings (SSSR count). The summed E-state index contributed by atoms with van der Waals surface area (Å²) in [5.41, 5.74) is 19.9. The van der Waals surface area contributed by atoms with E-state index in [2.05, 4.69) is 67.2 Å². The van der Waals surface area contributed by atoms with Crippen LogP contribution in [0.5, 0.6) is 0 Å². The molecule has 4 aromatic carbocycles. The van der Waals surface area contributed by atoms with Crippen molar-refractivity contribution in [3.8, 4) is 11.3 Å². The van der Waals surface area contributed by atoms with Crippen molar-refractivity contribution in [2.75, 3.05) is 29.9 Å². The number of ether oxygens (including phenoxy) is 1. The number of carbonyl (C=O) groups excluding carboxylic acids is 4. The van der Waals surface area contributed by atoms with Crippen LogP contribution in [-0.2, 0) is 28.9 Å². The van der Waals surface area contributed by atoms with Crippen molar-refractivity contribution in [3.05, 3.63) is 149 Å². The smallest absolute Gasteiger partial charge is 0.306 e. The number of rotatable bonds is 13. The van der Waals surface area contributed by atoms with Crippen molar-refractivity contribution in [1.29, 1.82) is 0 Å². The molecule has 0 unspecified atom stereocenters. The highest BCUT2D eigenvalue weighted by atomic mass is 16.6. The minimum Gasteiger partial charge on any atom is -0.460 e. The number of amides is 3. The average Bonchev–Trinajstić information content (AvgIpc) is 3.76. The summed E-state index contributed by atoms with van der Waals surface area (Å²) in [4.78, 5) is 55.3. The third kappa shape index (κ3) is 17.5. The van der Waals surface area contributed by atoms with E-state index < -0.39 is 11.8 Å². The zero-order chi connectivity index (χ0) is 51.5. The first-order valence-electron chi connectivity index (χ1n) is 25.2. The van der Waals surface area contributed by atoms with Gasteiger partial charge in [0.15, 0.2) is 0 Å². The minimum absolute atomic E-state index is 0.0869. The summed E-state index contributed by atoms with van der Waals surface area (Å²) in [6.07, 6.45) is 14.7. The number of aryl methyl sites for hydroxylation is 2. The van der Waals surface area contributed by atoms with Gasteiger partial charge >= 0.3 is 5.97 Å². The lowest BCUT2D eigenvalue weighted by Crippen LogP contribution is -2.29. The van der Waals surface area contributed by atoms with E-state index in [0.717, 1.165) is 60.9 Å². The standard InChI is InChI=1S/C34H32N6O3.C10H20O2.C10H12.C5H12O/c35-32(41)23-12-14-37-30(19-23)28-20-25(39-15-2-1-3-16-39)10-11-29(28)38-34(43)24-7-4-6-22(18-24)21-40-17-13-26-27(33(36)42)8-5-9-31(26)40;1-8(2)6-7-9(11)12-10(3,4)5;1-2-6-10-8-4-3-7-9(10)5-1;1-5(2)3-4-6/h4-14,17-20H,1-3,15-16,21H2,(H2,35,41)(H2,36,42)(H,38,43);8H,6-7H2,1-5H3;1-2,5-6H,3-4,7-8H2;5-6H,3-4H2,1-2H3. The van der Waals surface area contributed by atoms with Gasteiger partial charge in [-0.25, -0.2) is 0 Å². The van der Waals surface area contributed by atoms with Gasteiger partial charge in [-0.05, 0) is 168 Å². The molecule has 2 aliphatic rings. The first-order chi connectivity index (χ1) is 33.9. The van der Waals surface area contributed by atoms with Gasteiger partial charge in [0.05, 0.1) is 11.4 Å². The van der Waals surface area contributed by atoms with Crippen molar-refractivity contribution in [3.63, 3.8) is 0 Å². The van der Waals surface area contributed by atoms with Crippen LogP contribution in [0.2, 0.25) is 0 Å². The third-order valence-corrected chi connectivity index (χ3v) is 12.2. The average molecular weight is 965 g/mol. The second-order valence-corrected chi connectivity index (χ2v) is 20.2. The van der Waals surface area contributed by atoms with Crippen molar-refractivity contribution in [1.82, 2.24) is 9.55 Å². The van der Waals surface area contributed by atoms with E-state index in [1.165, 1.54) is 32.1 Å². The first-order valence-corrected chi connectivity index (χ1v) is 25.2. The molecule has 0 bridgehead atoms. The number of benzene rings is 4. The lowest BCUT2D eigenvalue weighted by atomic mass is 9.92. The molecular formula is C59H76N6O6. The Kier molecular flexibility index (Phi) is 21.0. The predicted molar refractivity (Wildman–Crippen MR) is 288 cm³/mol. The van der Waals surface area contributed by atoms with Crippen LogP contribution in [0, 0.1) is 11.8 Å². The Morgan fingerprint density at radius 2 is 1.41 bits per heavy atom. The van der Waals surface area contributed by atoms with Crippen LogP contribution >= 0.6 is 0 Å². The number of piperidine rings is 1. The zero-order valence-corrected chi connectivity index (χ0v) is 43.0. The number of aliphatic hydroxyl groups excluding tert-OH is 1. The molecule has 0 spiro atoms. The van der Waals surface area contributed by atoms with Crippen molar-refractivity contribution in [2.45, 2.75) is 125 Å². The molecule has 2 aromatic heterocycles. The van der Waals surface area contributed by atoms with Gasteiger partial charge < -0.3 is 36.1 Å². The second-order valence-electron chi connectivity index (χ2n) is 20.2. The van der Waals surface area contributed by atoms with Crippen molar-refractivity contribution < 1.29 is 29.0 Å². The summed E-state index contributed by atoms with van der Waals surface area (Å²) in [7, 11) is 0. The van der Waals surface area contributed by atoms with Gasteiger partial charge in [-0.15, -0.1) is 0 Å². The fourth-order valence-electron chi connectivity index (χ4n) is 8.44. The number of nitrogens with one attached hydrogen (secondary N) is 1. The largest absolute Gasteiger partial charge is 0.460 e.